The van der Waals surface area contributed by atoms with Crippen LogP contribution in [0.4, 0.5) is 0 Å². The van der Waals surface area contributed by atoms with Gasteiger partial charge in [-0.3, -0.25) is 4.79 Å². The average Bonchev–Trinajstić information content (AvgIpc) is 2.99. The van der Waals surface area contributed by atoms with Crippen LogP contribution in [0.2, 0.25) is 0 Å². The number of hydrogen-bond donors (Lipinski definition) is 2. The van der Waals surface area contributed by atoms with Crippen molar-refractivity contribution in [2.24, 2.45) is 0 Å². The zero-order valence-electron chi connectivity index (χ0n) is 13.4. The fraction of sp³-hybridized carbons (Fsp3) is 0.250. The van der Waals surface area contributed by atoms with Gasteiger partial charge in [-0.05, 0) is 25.0 Å². The number of ketones is 1. The van der Waals surface area contributed by atoms with Gasteiger partial charge in [0, 0.05) is 41.7 Å². The van der Waals surface area contributed by atoms with Crippen molar-refractivity contribution in [1.82, 2.24) is 10.3 Å². The van der Waals surface area contributed by atoms with E-state index in [1.54, 1.807) is 0 Å². The lowest BCUT2D eigenvalue weighted by Crippen LogP contribution is -2.30. The van der Waals surface area contributed by atoms with E-state index in [-0.39, 0.29) is 5.78 Å². The number of carbonyl (C=O) groups is 1. The maximum absolute atomic E-state index is 12.1. The van der Waals surface area contributed by atoms with Gasteiger partial charge in [-0.25, -0.2) is 0 Å². The Morgan fingerprint density at radius 3 is 2.65 bits per heavy atom. The molecule has 0 saturated carbocycles. The van der Waals surface area contributed by atoms with Gasteiger partial charge in [-0.2, -0.15) is 0 Å². The Hall–Kier alpha value is -2.39. The molecule has 0 amide bonds. The molecule has 0 radical (unpaired) electrons. The lowest BCUT2D eigenvalue weighted by Gasteiger charge is -2.13. The quantitative estimate of drug-likeness (QED) is 0.649. The minimum absolute atomic E-state index is 0.192. The van der Waals surface area contributed by atoms with Gasteiger partial charge in [0.1, 0.15) is 0 Å². The van der Waals surface area contributed by atoms with Gasteiger partial charge in [-0.1, -0.05) is 48.5 Å². The molecule has 3 aromatic rings. The number of rotatable bonds is 7. The zero-order valence-corrected chi connectivity index (χ0v) is 13.4. The number of aromatic amines is 1. The highest BCUT2D eigenvalue weighted by Gasteiger charge is 2.09. The monoisotopic (exact) mass is 306 g/mol. The summed E-state index contributed by atoms with van der Waals surface area (Å²) in [6, 6.07) is 18.2. The van der Waals surface area contributed by atoms with Crippen LogP contribution in [0.25, 0.3) is 10.9 Å². The van der Waals surface area contributed by atoms with Gasteiger partial charge in [0.15, 0.2) is 5.78 Å². The largest absolute Gasteiger partial charge is 0.361 e. The number of aromatic nitrogens is 1. The van der Waals surface area contributed by atoms with Gasteiger partial charge in [0.2, 0.25) is 0 Å². The maximum Gasteiger partial charge on any atom is 0.164 e. The van der Waals surface area contributed by atoms with Crippen LogP contribution in [0.15, 0.2) is 60.8 Å². The summed E-state index contributed by atoms with van der Waals surface area (Å²) in [5, 5.41) is 4.73. The fourth-order valence-electron chi connectivity index (χ4n) is 2.90. The standard InChI is InChI=1S/C20H22N2O/c1-15(13-17-14-22-19-10-6-5-9-18(17)19)21-12-11-20(23)16-7-3-2-4-8-16/h2-10,14-15,21-22H,11-13H2,1H3. The Kier molecular flexibility index (Phi) is 4.89. The minimum Gasteiger partial charge on any atom is -0.361 e. The van der Waals surface area contributed by atoms with Crippen LogP contribution >= 0.6 is 0 Å². The number of para-hydroxylation sites is 1. The Labute approximate surface area is 136 Å². The molecule has 0 aliphatic heterocycles. The van der Waals surface area contributed by atoms with Crippen molar-refractivity contribution in [3.05, 3.63) is 71.9 Å². The molecule has 0 fully saturated rings. The fourth-order valence-corrected chi connectivity index (χ4v) is 2.90. The molecule has 3 heteroatoms. The van der Waals surface area contributed by atoms with Gasteiger partial charge >= 0.3 is 0 Å². The van der Waals surface area contributed by atoms with Crippen molar-refractivity contribution in [2.75, 3.05) is 6.54 Å². The van der Waals surface area contributed by atoms with Crippen molar-refractivity contribution >= 4 is 16.7 Å². The lowest BCUT2D eigenvalue weighted by molar-refractivity contribution is 0.0982. The molecule has 1 aromatic heterocycles. The zero-order chi connectivity index (χ0) is 16.1. The molecule has 0 saturated heterocycles. The second-order valence-corrected chi connectivity index (χ2v) is 5.96. The number of carbonyl (C=O) groups excluding carboxylic acids is 1. The number of nitrogens with one attached hydrogen (secondary N) is 2. The number of fused-ring (bicyclic) bond motifs is 1. The molecule has 0 bridgehead atoms. The first-order valence-corrected chi connectivity index (χ1v) is 8.10. The van der Waals surface area contributed by atoms with Gasteiger partial charge < -0.3 is 10.3 Å². The van der Waals surface area contributed by atoms with Crippen LogP contribution in [-0.2, 0) is 6.42 Å². The molecule has 118 valence electrons. The third kappa shape index (κ3) is 3.88. The third-order valence-electron chi connectivity index (χ3n) is 4.14. The van der Waals surface area contributed by atoms with E-state index < -0.39 is 0 Å². The smallest absolute Gasteiger partial charge is 0.164 e. The topological polar surface area (TPSA) is 44.9 Å². The Morgan fingerprint density at radius 1 is 1.09 bits per heavy atom. The van der Waals surface area contributed by atoms with E-state index in [0.29, 0.717) is 19.0 Å². The van der Waals surface area contributed by atoms with Gasteiger partial charge in [-0.15, -0.1) is 0 Å². The number of hydrogen-bond acceptors (Lipinski definition) is 2. The molecular weight excluding hydrogens is 284 g/mol. The van der Waals surface area contributed by atoms with Crippen LogP contribution in [0.5, 0.6) is 0 Å². The van der Waals surface area contributed by atoms with Crippen LogP contribution in [0.1, 0.15) is 29.3 Å². The van der Waals surface area contributed by atoms with E-state index in [0.717, 1.165) is 12.0 Å². The predicted octanol–water partition coefficient (Wildman–Crippen LogP) is 3.96. The van der Waals surface area contributed by atoms with Crippen LogP contribution < -0.4 is 5.32 Å². The summed E-state index contributed by atoms with van der Waals surface area (Å²) >= 11 is 0. The van der Waals surface area contributed by atoms with E-state index in [1.165, 1.54) is 16.5 Å². The second kappa shape index (κ2) is 7.25. The van der Waals surface area contributed by atoms with Crippen LogP contribution in [0.3, 0.4) is 0 Å². The first-order chi connectivity index (χ1) is 11.2. The molecule has 0 aliphatic carbocycles. The Morgan fingerprint density at radius 2 is 1.83 bits per heavy atom. The summed E-state index contributed by atoms with van der Waals surface area (Å²) < 4.78 is 0. The Bertz CT molecular complexity index is 776. The molecule has 1 atom stereocenters. The lowest BCUT2D eigenvalue weighted by atomic mass is 10.1. The average molecular weight is 306 g/mol. The molecule has 1 heterocycles. The summed E-state index contributed by atoms with van der Waals surface area (Å²) in [5.41, 5.74) is 3.28. The molecule has 0 spiro atoms. The van der Waals surface area contributed by atoms with Crippen molar-refractivity contribution in [3.63, 3.8) is 0 Å². The predicted molar refractivity (Wildman–Crippen MR) is 94.9 cm³/mol. The molecule has 1 unspecified atom stereocenters. The van der Waals surface area contributed by atoms with E-state index in [1.807, 2.05) is 36.4 Å². The van der Waals surface area contributed by atoms with Crippen LogP contribution in [0, 0.1) is 0 Å². The molecular formula is C20H22N2O. The summed E-state index contributed by atoms with van der Waals surface area (Å²) in [5.74, 6) is 0.192. The van der Waals surface area contributed by atoms with Crippen molar-refractivity contribution in [1.29, 1.82) is 0 Å². The second-order valence-electron chi connectivity index (χ2n) is 5.96. The third-order valence-corrected chi connectivity index (χ3v) is 4.14. The summed E-state index contributed by atoms with van der Waals surface area (Å²) in [4.78, 5) is 15.4. The first kappa shape index (κ1) is 15.5. The van der Waals surface area contributed by atoms with Gasteiger partial charge in [0.25, 0.3) is 0 Å². The van der Waals surface area contributed by atoms with Gasteiger partial charge in [0.05, 0.1) is 0 Å². The summed E-state index contributed by atoms with van der Waals surface area (Å²) in [6.07, 6.45) is 3.56. The maximum atomic E-state index is 12.1. The highest BCUT2D eigenvalue weighted by atomic mass is 16.1. The van der Waals surface area contributed by atoms with Crippen LogP contribution in [-0.4, -0.2) is 23.4 Å². The molecule has 0 aliphatic rings. The summed E-state index contributed by atoms with van der Waals surface area (Å²) in [7, 11) is 0. The van der Waals surface area contributed by atoms with E-state index in [4.69, 9.17) is 0 Å². The normalized spacial score (nSPS) is 12.4. The van der Waals surface area contributed by atoms with Crippen molar-refractivity contribution < 1.29 is 4.79 Å². The highest BCUT2D eigenvalue weighted by molar-refractivity contribution is 5.96. The molecule has 2 aromatic carbocycles. The van der Waals surface area contributed by atoms with E-state index in [2.05, 4.69) is 41.6 Å². The Balaban J connectivity index is 1.50. The highest BCUT2D eigenvalue weighted by Crippen LogP contribution is 2.18. The number of H-pyrrole nitrogens is 1. The minimum atomic E-state index is 0.192. The van der Waals surface area contributed by atoms with E-state index >= 15 is 0 Å². The number of benzene rings is 2. The SMILES string of the molecule is CC(Cc1c[nH]c2ccccc12)NCCC(=O)c1ccccc1. The summed E-state index contributed by atoms with van der Waals surface area (Å²) in [6.45, 7) is 2.87. The molecule has 3 rings (SSSR count). The molecule has 23 heavy (non-hydrogen) atoms. The van der Waals surface area contributed by atoms with Crippen molar-refractivity contribution in [3.8, 4) is 0 Å². The van der Waals surface area contributed by atoms with Crippen molar-refractivity contribution in [2.45, 2.75) is 25.8 Å². The molecule has 2 N–H and O–H groups in total. The number of Topliss-reactive ketones (excluding diaryl/α,β-unsaturated/α-hetero) is 1. The molecule has 3 nitrogen and oxygen atoms in total. The van der Waals surface area contributed by atoms with E-state index in [9.17, 15) is 4.79 Å². The first-order valence-electron chi connectivity index (χ1n) is 8.10.